The van der Waals surface area contributed by atoms with E-state index < -0.39 is 0 Å². The molecule has 3 rings (SSSR count). The number of anilines is 2. The van der Waals surface area contributed by atoms with Gasteiger partial charge in [0.25, 0.3) is 0 Å². The standard InChI is InChI=1S/C22H22FN3O2/c1-28-20-8-5-16(6-9-20)11-12-24-21-10-7-19(15-25-21)26-22(27)14-17-3-2-4-18(23)13-17/h2-10,13,15H,11-12,14H2,1H3,(H,24,25)(H,26,27). The molecule has 0 saturated carbocycles. The predicted octanol–water partition coefficient (Wildman–Crippen LogP) is 4.07. The molecule has 0 aliphatic carbocycles. The van der Waals surface area contributed by atoms with Gasteiger partial charge < -0.3 is 15.4 Å². The molecule has 0 atom stereocenters. The summed E-state index contributed by atoms with van der Waals surface area (Å²) in [6, 6.07) is 17.6. The molecule has 1 heterocycles. The van der Waals surface area contributed by atoms with E-state index >= 15 is 0 Å². The number of halogens is 1. The molecule has 2 aromatic carbocycles. The molecule has 0 unspecified atom stereocenters. The summed E-state index contributed by atoms with van der Waals surface area (Å²) in [7, 11) is 1.65. The Balaban J connectivity index is 1.45. The Morgan fingerprint density at radius 2 is 1.89 bits per heavy atom. The highest BCUT2D eigenvalue weighted by molar-refractivity contribution is 5.92. The van der Waals surface area contributed by atoms with Crippen LogP contribution in [-0.4, -0.2) is 24.5 Å². The van der Waals surface area contributed by atoms with Gasteiger partial charge in [-0.05, 0) is 53.9 Å². The van der Waals surface area contributed by atoms with Crippen molar-refractivity contribution >= 4 is 17.4 Å². The highest BCUT2D eigenvalue weighted by Gasteiger charge is 2.05. The summed E-state index contributed by atoms with van der Waals surface area (Å²) < 4.78 is 18.3. The van der Waals surface area contributed by atoms with E-state index in [4.69, 9.17) is 4.74 Å². The first kappa shape index (κ1) is 19.4. The molecule has 144 valence electrons. The van der Waals surface area contributed by atoms with Crippen molar-refractivity contribution in [3.8, 4) is 5.75 Å². The molecule has 0 spiro atoms. The number of amides is 1. The summed E-state index contributed by atoms with van der Waals surface area (Å²) in [4.78, 5) is 16.4. The zero-order chi connectivity index (χ0) is 19.8. The lowest BCUT2D eigenvalue weighted by Gasteiger charge is -2.08. The summed E-state index contributed by atoms with van der Waals surface area (Å²) in [6.07, 6.45) is 2.57. The van der Waals surface area contributed by atoms with Crippen molar-refractivity contribution in [2.24, 2.45) is 0 Å². The molecule has 0 bridgehead atoms. The number of hydrogen-bond donors (Lipinski definition) is 2. The van der Waals surface area contributed by atoms with Crippen LogP contribution in [0.2, 0.25) is 0 Å². The molecule has 28 heavy (non-hydrogen) atoms. The van der Waals surface area contributed by atoms with E-state index in [1.54, 1.807) is 31.5 Å². The molecule has 2 N–H and O–H groups in total. The fraction of sp³-hybridized carbons (Fsp3) is 0.182. The van der Waals surface area contributed by atoms with E-state index in [0.29, 0.717) is 11.3 Å². The van der Waals surface area contributed by atoms with Gasteiger partial charge in [-0.2, -0.15) is 0 Å². The first-order valence-corrected chi connectivity index (χ1v) is 8.99. The van der Waals surface area contributed by atoms with Crippen LogP contribution in [0.25, 0.3) is 0 Å². The van der Waals surface area contributed by atoms with E-state index in [9.17, 15) is 9.18 Å². The first-order chi connectivity index (χ1) is 13.6. The van der Waals surface area contributed by atoms with E-state index in [1.165, 1.54) is 17.7 Å². The number of carbonyl (C=O) groups excluding carboxylic acids is 1. The maximum absolute atomic E-state index is 13.2. The average Bonchev–Trinajstić information content (AvgIpc) is 2.70. The number of ether oxygens (including phenoxy) is 1. The zero-order valence-electron chi connectivity index (χ0n) is 15.6. The lowest BCUT2D eigenvalue weighted by Crippen LogP contribution is -2.15. The predicted molar refractivity (Wildman–Crippen MR) is 108 cm³/mol. The van der Waals surface area contributed by atoms with Gasteiger partial charge in [-0.25, -0.2) is 9.37 Å². The van der Waals surface area contributed by atoms with Crippen LogP contribution in [0.5, 0.6) is 5.75 Å². The maximum Gasteiger partial charge on any atom is 0.228 e. The quantitative estimate of drug-likeness (QED) is 0.619. The van der Waals surface area contributed by atoms with Crippen molar-refractivity contribution in [1.29, 1.82) is 0 Å². The summed E-state index contributed by atoms with van der Waals surface area (Å²) in [5.41, 5.74) is 2.43. The summed E-state index contributed by atoms with van der Waals surface area (Å²) in [5, 5.41) is 6.02. The molecular weight excluding hydrogens is 357 g/mol. The van der Waals surface area contributed by atoms with Gasteiger partial charge in [0.1, 0.15) is 17.4 Å². The molecule has 1 amide bonds. The number of methoxy groups -OCH3 is 1. The van der Waals surface area contributed by atoms with Crippen LogP contribution < -0.4 is 15.4 Å². The Morgan fingerprint density at radius 1 is 1.07 bits per heavy atom. The smallest absolute Gasteiger partial charge is 0.228 e. The zero-order valence-corrected chi connectivity index (χ0v) is 15.6. The van der Waals surface area contributed by atoms with Crippen molar-refractivity contribution in [2.75, 3.05) is 24.3 Å². The van der Waals surface area contributed by atoms with Gasteiger partial charge in [0.05, 0.1) is 25.4 Å². The summed E-state index contributed by atoms with van der Waals surface area (Å²) in [6.45, 7) is 0.741. The molecule has 0 radical (unpaired) electrons. The number of carbonyl (C=O) groups is 1. The second kappa shape index (κ2) is 9.50. The molecule has 0 aliphatic heterocycles. The number of rotatable bonds is 8. The van der Waals surface area contributed by atoms with Crippen molar-refractivity contribution in [3.63, 3.8) is 0 Å². The lowest BCUT2D eigenvalue weighted by molar-refractivity contribution is -0.115. The van der Waals surface area contributed by atoms with E-state index in [2.05, 4.69) is 15.6 Å². The second-order valence-corrected chi connectivity index (χ2v) is 6.31. The van der Waals surface area contributed by atoms with E-state index in [-0.39, 0.29) is 18.1 Å². The average molecular weight is 379 g/mol. The highest BCUT2D eigenvalue weighted by atomic mass is 19.1. The van der Waals surface area contributed by atoms with Crippen LogP contribution in [0.15, 0.2) is 66.9 Å². The van der Waals surface area contributed by atoms with Gasteiger partial charge in [0.2, 0.25) is 5.91 Å². The highest BCUT2D eigenvalue weighted by Crippen LogP contribution is 2.13. The van der Waals surface area contributed by atoms with Gasteiger partial charge in [-0.15, -0.1) is 0 Å². The van der Waals surface area contributed by atoms with Gasteiger partial charge in [-0.3, -0.25) is 4.79 Å². The van der Waals surface area contributed by atoms with E-state index in [1.807, 2.05) is 30.3 Å². The van der Waals surface area contributed by atoms with Crippen LogP contribution in [0.1, 0.15) is 11.1 Å². The van der Waals surface area contributed by atoms with Crippen molar-refractivity contribution in [3.05, 3.63) is 83.8 Å². The molecular formula is C22H22FN3O2. The normalized spacial score (nSPS) is 10.4. The molecule has 0 fully saturated rings. The minimum Gasteiger partial charge on any atom is -0.497 e. The number of benzene rings is 2. The fourth-order valence-electron chi connectivity index (χ4n) is 2.74. The summed E-state index contributed by atoms with van der Waals surface area (Å²) in [5.74, 6) is 1.01. The molecule has 0 saturated heterocycles. The van der Waals surface area contributed by atoms with Crippen molar-refractivity contribution in [2.45, 2.75) is 12.8 Å². The molecule has 1 aromatic heterocycles. The van der Waals surface area contributed by atoms with Crippen LogP contribution >= 0.6 is 0 Å². The third-order valence-electron chi connectivity index (χ3n) is 4.18. The van der Waals surface area contributed by atoms with Crippen LogP contribution in [0.3, 0.4) is 0 Å². The first-order valence-electron chi connectivity index (χ1n) is 8.99. The Bertz CT molecular complexity index is 912. The molecule has 0 aliphatic rings. The Morgan fingerprint density at radius 3 is 2.57 bits per heavy atom. The van der Waals surface area contributed by atoms with Crippen LogP contribution in [0.4, 0.5) is 15.9 Å². The third-order valence-corrected chi connectivity index (χ3v) is 4.18. The Kier molecular flexibility index (Phi) is 6.57. The molecule has 5 nitrogen and oxygen atoms in total. The van der Waals surface area contributed by atoms with E-state index in [0.717, 1.165) is 24.5 Å². The fourth-order valence-corrected chi connectivity index (χ4v) is 2.74. The SMILES string of the molecule is COc1ccc(CCNc2ccc(NC(=O)Cc3cccc(F)c3)cn2)cc1. The number of hydrogen-bond acceptors (Lipinski definition) is 4. The largest absolute Gasteiger partial charge is 0.497 e. The number of pyridine rings is 1. The van der Waals surface area contributed by atoms with Crippen molar-refractivity contribution in [1.82, 2.24) is 4.98 Å². The maximum atomic E-state index is 13.2. The van der Waals surface area contributed by atoms with Gasteiger partial charge in [0.15, 0.2) is 0 Å². The van der Waals surface area contributed by atoms with Crippen molar-refractivity contribution < 1.29 is 13.9 Å². The van der Waals surface area contributed by atoms with Gasteiger partial charge in [-0.1, -0.05) is 24.3 Å². The van der Waals surface area contributed by atoms with Gasteiger partial charge in [0, 0.05) is 6.54 Å². The minimum absolute atomic E-state index is 0.111. The van der Waals surface area contributed by atoms with Gasteiger partial charge >= 0.3 is 0 Å². The lowest BCUT2D eigenvalue weighted by atomic mass is 10.1. The topological polar surface area (TPSA) is 63.2 Å². The molecule has 6 heteroatoms. The second-order valence-electron chi connectivity index (χ2n) is 6.31. The number of aromatic nitrogens is 1. The van der Waals surface area contributed by atoms with Crippen LogP contribution in [-0.2, 0) is 17.6 Å². The number of nitrogens with zero attached hydrogens (tertiary/aromatic N) is 1. The molecule has 3 aromatic rings. The Hall–Kier alpha value is -3.41. The monoisotopic (exact) mass is 379 g/mol. The third kappa shape index (κ3) is 5.81. The van der Waals surface area contributed by atoms with Crippen LogP contribution in [0, 0.1) is 5.82 Å². The Labute approximate surface area is 163 Å². The minimum atomic E-state index is -0.350. The summed E-state index contributed by atoms with van der Waals surface area (Å²) >= 11 is 0. The number of nitrogens with one attached hydrogen (secondary N) is 2.